The summed E-state index contributed by atoms with van der Waals surface area (Å²) < 4.78 is 18.2. The van der Waals surface area contributed by atoms with E-state index in [0.29, 0.717) is 18.5 Å². The topological polar surface area (TPSA) is 46.6 Å². The molecule has 0 spiro atoms. The van der Waals surface area contributed by atoms with Gasteiger partial charge in [0.1, 0.15) is 11.9 Å². The first-order chi connectivity index (χ1) is 10.1. The Kier molecular flexibility index (Phi) is 5.09. The minimum atomic E-state index is -0.540. The molecule has 1 saturated heterocycles. The second-order valence-corrected chi connectivity index (χ2v) is 4.92. The number of esters is 1. The molecular formula is C16H18FNO3. The van der Waals surface area contributed by atoms with Gasteiger partial charge in [0.2, 0.25) is 5.91 Å². The zero-order chi connectivity index (χ0) is 15.2. The molecule has 112 valence electrons. The SMILES string of the molecule is COC(=O)[C@H]1CCCCN1C(=O)/C=C/c1ccccc1F. The predicted octanol–water partition coefficient (Wildman–Crippen LogP) is 2.39. The fraction of sp³-hybridized carbons (Fsp3) is 0.375. The van der Waals surface area contributed by atoms with E-state index in [1.54, 1.807) is 18.2 Å². The van der Waals surface area contributed by atoms with Crippen molar-refractivity contribution < 1.29 is 18.7 Å². The van der Waals surface area contributed by atoms with Crippen LogP contribution in [0.5, 0.6) is 0 Å². The minimum Gasteiger partial charge on any atom is -0.467 e. The quantitative estimate of drug-likeness (QED) is 0.634. The lowest BCUT2D eigenvalue weighted by atomic mass is 10.0. The van der Waals surface area contributed by atoms with E-state index >= 15 is 0 Å². The number of halogens is 1. The molecule has 1 aliphatic rings. The normalized spacial score (nSPS) is 18.8. The molecule has 1 fully saturated rings. The minimum absolute atomic E-state index is 0.298. The van der Waals surface area contributed by atoms with Gasteiger partial charge in [0.25, 0.3) is 0 Å². The molecule has 5 heteroatoms. The summed E-state index contributed by atoms with van der Waals surface area (Å²) in [5.41, 5.74) is 0.345. The number of piperidine rings is 1. The van der Waals surface area contributed by atoms with Crippen molar-refractivity contribution in [2.45, 2.75) is 25.3 Å². The Morgan fingerprint density at radius 2 is 2.10 bits per heavy atom. The van der Waals surface area contributed by atoms with E-state index in [2.05, 4.69) is 0 Å². The highest BCUT2D eigenvalue weighted by Gasteiger charge is 2.31. The summed E-state index contributed by atoms with van der Waals surface area (Å²) in [6.07, 6.45) is 5.08. The molecule has 1 heterocycles. The van der Waals surface area contributed by atoms with Gasteiger partial charge in [0.15, 0.2) is 0 Å². The average Bonchev–Trinajstić information content (AvgIpc) is 2.53. The average molecular weight is 291 g/mol. The summed E-state index contributed by atoms with van der Waals surface area (Å²) in [4.78, 5) is 25.4. The Balaban J connectivity index is 2.11. The summed E-state index contributed by atoms with van der Waals surface area (Å²) in [6.45, 7) is 0.514. The zero-order valence-corrected chi connectivity index (χ0v) is 11.9. The number of benzene rings is 1. The van der Waals surface area contributed by atoms with Crippen LogP contribution < -0.4 is 0 Å². The number of likely N-dealkylation sites (tertiary alicyclic amines) is 1. The van der Waals surface area contributed by atoms with E-state index < -0.39 is 12.0 Å². The highest BCUT2D eigenvalue weighted by molar-refractivity contribution is 5.94. The third-order valence-electron chi connectivity index (χ3n) is 3.57. The standard InChI is InChI=1S/C16H18FNO3/c1-21-16(20)14-8-4-5-11-18(14)15(19)10-9-12-6-2-3-7-13(12)17/h2-3,6-7,9-10,14H,4-5,8,11H2,1H3/b10-9+/t14-/m1/s1. The number of carbonyl (C=O) groups excluding carboxylic acids is 2. The molecule has 0 unspecified atom stereocenters. The van der Waals surface area contributed by atoms with Crippen LogP contribution in [-0.2, 0) is 14.3 Å². The van der Waals surface area contributed by atoms with Crippen LogP contribution in [0.25, 0.3) is 6.08 Å². The number of nitrogens with zero attached hydrogens (tertiary/aromatic N) is 1. The first kappa shape index (κ1) is 15.2. The lowest BCUT2D eigenvalue weighted by molar-refractivity contribution is -0.153. The van der Waals surface area contributed by atoms with Crippen molar-refractivity contribution in [1.82, 2.24) is 4.90 Å². The van der Waals surface area contributed by atoms with Gasteiger partial charge in [0, 0.05) is 18.2 Å². The molecular weight excluding hydrogens is 273 g/mol. The van der Waals surface area contributed by atoms with E-state index in [1.165, 1.54) is 30.2 Å². The summed E-state index contributed by atoms with van der Waals surface area (Å²) in [6, 6.07) is 5.68. The Bertz CT molecular complexity index is 556. The van der Waals surface area contributed by atoms with E-state index in [-0.39, 0.29) is 11.7 Å². The Hall–Kier alpha value is -2.17. The Morgan fingerprint density at radius 1 is 1.33 bits per heavy atom. The van der Waals surface area contributed by atoms with Gasteiger partial charge in [0.05, 0.1) is 7.11 Å². The Morgan fingerprint density at radius 3 is 2.81 bits per heavy atom. The molecule has 1 atom stereocenters. The van der Waals surface area contributed by atoms with Crippen LogP contribution in [0.3, 0.4) is 0 Å². The third-order valence-corrected chi connectivity index (χ3v) is 3.57. The van der Waals surface area contributed by atoms with E-state index in [9.17, 15) is 14.0 Å². The molecule has 21 heavy (non-hydrogen) atoms. The van der Waals surface area contributed by atoms with E-state index in [0.717, 1.165) is 12.8 Å². The molecule has 4 nitrogen and oxygen atoms in total. The molecule has 1 aliphatic heterocycles. The lowest BCUT2D eigenvalue weighted by Gasteiger charge is -2.32. The molecule has 0 radical (unpaired) electrons. The van der Waals surface area contributed by atoms with Gasteiger partial charge in [-0.15, -0.1) is 0 Å². The maximum Gasteiger partial charge on any atom is 0.328 e. The molecule has 0 aromatic heterocycles. The highest BCUT2D eigenvalue weighted by Crippen LogP contribution is 2.19. The van der Waals surface area contributed by atoms with Crippen molar-refractivity contribution in [1.29, 1.82) is 0 Å². The molecule has 1 aromatic carbocycles. The largest absolute Gasteiger partial charge is 0.467 e. The fourth-order valence-electron chi connectivity index (χ4n) is 2.44. The van der Waals surface area contributed by atoms with Crippen LogP contribution >= 0.6 is 0 Å². The van der Waals surface area contributed by atoms with Crippen LogP contribution in [0.4, 0.5) is 4.39 Å². The van der Waals surface area contributed by atoms with Crippen molar-refractivity contribution in [3.63, 3.8) is 0 Å². The number of hydrogen-bond donors (Lipinski definition) is 0. The summed E-state index contributed by atoms with van der Waals surface area (Å²) >= 11 is 0. The van der Waals surface area contributed by atoms with Crippen molar-refractivity contribution >= 4 is 18.0 Å². The second kappa shape index (κ2) is 7.02. The summed E-state index contributed by atoms with van der Waals surface area (Å²) in [5.74, 6) is -1.08. The van der Waals surface area contributed by atoms with Crippen LogP contribution in [-0.4, -0.2) is 36.5 Å². The number of amides is 1. The smallest absolute Gasteiger partial charge is 0.328 e. The number of ether oxygens (including phenoxy) is 1. The molecule has 0 bridgehead atoms. The monoisotopic (exact) mass is 291 g/mol. The maximum absolute atomic E-state index is 13.5. The van der Waals surface area contributed by atoms with Gasteiger partial charge in [-0.2, -0.15) is 0 Å². The van der Waals surface area contributed by atoms with Crippen LogP contribution in [0, 0.1) is 5.82 Å². The van der Waals surface area contributed by atoms with Gasteiger partial charge in [-0.05, 0) is 31.4 Å². The van der Waals surface area contributed by atoms with Crippen molar-refractivity contribution in [2.75, 3.05) is 13.7 Å². The molecule has 0 aliphatic carbocycles. The molecule has 0 N–H and O–H groups in total. The number of hydrogen-bond acceptors (Lipinski definition) is 3. The zero-order valence-electron chi connectivity index (χ0n) is 11.9. The first-order valence-electron chi connectivity index (χ1n) is 6.94. The van der Waals surface area contributed by atoms with Gasteiger partial charge in [-0.3, -0.25) is 4.79 Å². The Labute approximate surface area is 123 Å². The van der Waals surface area contributed by atoms with Gasteiger partial charge < -0.3 is 9.64 Å². The molecule has 1 amide bonds. The van der Waals surface area contributed by atoms with Crippen LogP contribution in [0.15, 0.2) is 30.3 Å². The second-order valence-electron chi connectivity index (χ2n) is 4.92. The van der Waals surface area contributed by atoms with Gasteiger partial charge in [-0.25, -0.2) is 9.18 Å². The van der Waals surface area contributed by atoms with Crippen molar-refractivity contribution in [3.05, 3.63) is 41.7 Å². The number of rotatable bonds is 3. The summed E-state index contributed by atoms with van der Waals surface area (Å²) in [5, 5.41) is 0. The molecule has 0 saturated carbocycles. The van der Waals surface area contributed by atoms with Crippen LogP contribution in [0.2, 0.25) is 0 Å². The summed E-state index contributed by atoms with van der Waals surface area (Å²) in [7, 11) is 1.31. The maximum atomic E-state index is 13.5. The molecule has 2 rings (SSSR count). The van der Waals surface area contributed by atoms with Crippen LogP contribution in [0.1, 0.15) is 24.8 Å². The number of methoxy groups -OCH3 is 1. The van der Waals surface area contributed by atoms with Crippen molar-refractivity contribution in [3.8, 4) is 0 Å². The molecule has 1 aromatic rings. The predicted molar refractivity (Wildman–Crippen MR) is 76.8 cm³/mol. The lowest BCUT2D eigenvalue weighted by Crippen LogP contribution is -2.47. The highest BCUT2D eigenvalue weighted by atomic mass is 19.1. The fourth-order valence-corrected chi connectivity index (χ4v) is 2.44. The van der Waals surface area contributed by atoms with Gasteiger partial charge in [-0.1, -0.05) is 18.2 Å². The van der Waals surface area contributed by atoms with E-state index in [4.69, 9.17) is 4.74 Å². The number of carbonyl (C=O) groups is 2. The van der Waals surface area contributed by atoms with Gasteiger partial charge >= 0.3 is 5.97 Å². The van der Waals surface area contributed by atoms with E-state index in [1.807, 2.05) is 0 Å². The first-order valence-corrected chi connectivity index (χ1v) is 6.94. The van der Waals surface area contributed by atoms with Crippen molar-refractivity contribution in [2.24, 2.45) is 0 Å². The third kappa shape index (κ3) is 3.68.